The van der Waals surface area contributed by atoms with E-state index < -0.39 is 163 Å². The van der Waals surface area contributed by atoms with E-state index in [4.69, 9.17) is 31.4 Å². The van der Waals surface area contributed by atoms with Crippen molar-refractivity contribution in [2.24, 2.45) is 33.7 Å². The molecule has 2 fully saturated rings. The Morgan fingerprint density at radius 2 is 1.45 bits per heavy atom. The van der Waals surface area contributed by atoms with Crippen LogP contribution in [0.2, 0.25) is 0 Å². The van der Waals surface area contributed by atoms with Crippen LogP contribution in [0.25, 0.3) is 17.2 Å². The van der Waals surface area contributed by atoms with Gasteiger partial charge in [-0.3, -0.25) is 62.8 Å². The summed E-state index contributed by atoms with van der Waals surface area (Å²) in [5, 5.41) is 78.9. The lowest BCUT2D eigenvalue weighted by atomic mass is 9.73. The average Bonchev–Trinajstić information content (AvgIpc) is 1.61. The summed E-state index contributed by atoms with van der Waals surface area (Å²) in [4.78, 5) is 194. The minimum absolute atomic E-state index is 0.000727. The number of thiazole rings is 1. The molecule has 1 unspecified atom stereocenters. The normalized spacial score (nSPS) is 20.9. The lowest BCUT2D eigenvalue weighted by Gasteiger charge is -2.34. The number of nitrogen functional groups attached to an aromatic ring is 1. The number of hydrogen-bond donors (Lipinski definition) is 16. The molecule has 2 saturated heterocycles. The maximum Gasteiger partial charge on any atom is 0.508 e. The molecule has 5 amide bonds. The number of aryl methyl sites for hydroxylation is 1. The van der Waals surface area contributed by atoms with Gasteiger partial charge in [0.05, 0.1) is 66.0 Å². The number of amides is 5. The number of guanidine groups is 1. The number of carboxylic acids is 4. The van der Waals surface area contributed by atoms with E-state index in [9.17, 15) is 93.0 Å². The lowest BCUT2D eigenvalue weighted by Crippen LogP contribution is -2.58. The fourth-order valence-corrected chi connectivity index (χ4v) is 14.3. The average molecular weight is 1570 g/mol. The number of H-pyrrole nitrogens is 1. The molecule has 6 rings (SSSR count). The second kappa shape index (κ2) is 41.3. The molecule has 0 spiro atoms. The zero-order valence-electron chi connectivity index (χ0n) is 60.1. The van der Waals surface area contributed by atoms with Crippen LogP contribution < -0.4 is 54.7 Å². The van der Waals surface area contributed by atoms with Crippen molar-refractivity contribution in [3.63, 3.8) is 0 Å². The number of anilines is 2. The van der Waals surface area contributed by atoms with Gasteiger partial charge in [0.25, 0.3) is 11.5 Å². The smallest absolute Gasteiger partial charge is 0.481 e. The van der Waals surface area contributed by atoms with Gasteiger partial charge in [0.1, 0.15) is 55.3 Å². The van der Waals surface area contributed by atoms with E-state index in [-0.39, 0.29) is 110 Å². The van der Waals surface area contributed by atoms with E-state index in [1.54, 1.807) is 20.8 Å². The monoisotopic (exact) mass is 1570 g/mol. The number of ketones is 1. The van der Waals surface area contributed by atoms with Gasteiger partial charge in [-0.15, -0.1) is 11.3 Å². The number of aliphatic imine (C=N–C) groups is 1. The van der Waals surface area contributed by atoms with Crippen LogP contribution in [0.5, 0.6) is 0 Å². The molecule has 2 aliphatic rings. The van der Waals surface area contributed by atoms with Crippen LogP contribution >= 0.6 is 32.9 Å². The highest BCUT2D eigenvalue weighted by Crippen LogP contribution is 2.39. The Balaban J connectivity index is 0.985. The van der Waals surface area contributed by atoms with Crippen molar-refractivity contribution in [3.05, 3.63) is 73.7 Å². The number of aliphatic carboxylic acids is 4. The molecule has 2 aliphatic heterocycles. The second-order valence-electron chi connectivity index (χ2n) is 26.4. The van der Waals surface area contributed by atoms with Crippen molar-refractivity contribution in [2.75, 3.05) is 48.9 Å². The number of hydrogen-bond acceptors (Lipinski definition) is 29. The van der Waals surface area contributed by atoms with Gasteiger partial charge in [-0.05, 0) is 87.8 Å². The summed E-state index contributed by atoms with van der Waals surface area (Å²) in [6.07, 6.45) is -3.16. The molecule has 108 heavy (non-hydrogen) atoms. The number of carbonyl (C=O) groups excluding carboxylic acids is 8. The standard InChI is InChI=1S/C67H92N16O22S3/c1-32-9-7-11-45-46(26-47(33(2)23-38-30-106-35(4)74-38)105-52(90)27-48(84)67(5,6)55(92)34(3)54(32)91)83(45)19-20-103-66(102)104-21-22-107-108-31-44(63(100)101)80-60(96)43(25-51(88)89)79-58(94)40(10-8-18-71-64(68)69)77-59(95)42(24-50(86)87)76-49(85)17-16-41(62(98)99)78-57(93)36-12-14-37(15-13-36)72-28-39-29-73-56-53(75-39)61(97)82-65(70)81-56/h12-15,23,29-30,32,34,40-48,54,72,84,91H,7-11,16-22,24-28,31H2,1-6H3,(H,76,85)(H,77,95)(H,78,93)(H,79,94)(H,80,96)(H,86,87)(H,88,89)(H,98,99)(H,100,101)(H4,68,69,71)(H3,70,73,81,82,97)/b33-23-/t32-,34+,40-,41-,42-,43-,44-,45+,46-,47-,48-,54-,83?/m0/s1. The predicted molar refractivity (Wildman–Crippen MR) is 393 cm³/mol. The van der Waals surface area contributed by atoms with Gasteiger partial charge in [0.15, 0.2) is 17.1 Å². The van der Waals surface area contributed by atoms with Gasteiger partial charge in [0, 0.05) is 72.1 Å². The van der Waals surface area contributed by atoms with E-state index in [0.29, 0.717) is 48.3 Å². The predicted octanol–water partition coefficient (Wildman–Crippen LogP) is 0.818. The molecule has 19 N–H and O–H groups in total. The van der Waals surface area contributed by atoms with E-state index in [0.717, 1.165) is 26.6 Å². The Morgan fingerprint density at radius 1 is 0.815 bits per heavy atom. The number of nitrogens with one attached hydrogen (secondary N) is 7. The van der Waals surface area contributed by atoms with Crippen molar-refractivity contribution in [1.82, 2.24) is 56.4 Å². The second-order valence-corrected chi connectivity index (χ2v) is 30.1. The highest BCUT2D eigenvalue weighted by Gasteiger charge is 2.49. The third kappa shape index (κ3) is 27.3. The highest BCUT2D eigenvalue weighted by molar-refractivity contribution is 8.76. The van der Waals surface area contributed by atoms with Gasteiger partial charge in [0.2, 0.25) is 29.6 Å². The fraction of sp³-hybridized carbons (Fsp3) is 0.552. The zero-order chi connectivity index (χ0) is 79.7. The Labute approximate surface area is 630 Å². The number of benzene rings is 1. The van der Waals surface area contributed by atoms with Crippen molar-refractivity contribution in [1.29, 1.82) is 0 Å². The minimum atomic E-state index is -2.00. The summed E-state index contributed by atoms with van der Waals surface area (Å²) < 4.78 is 16.7. The number of esters is 1. The van der Waals surface area contributed by atoms with Crippen LogP contribution in [0, 0.1) is 24.2 Å². The van der Waals surface area contributed by atoms with Gasteiger partial charge in [-0.1, -0.05) is 55.7 Å². The highest BCUT2D eigenvalue weighted by atomic mass is 33.1. The fourth-order valence-electron chi connectivity index (χ4n) is 11.7. The molecule has 590 valence electrons. The first-order chi connectivity index (χ1) is 51.0. The third-order valence-electron chi connectivity index (χ3n) is 17.8. The Bertz CT molecular complexity index is 4010. The number of rotatable bonds is 36. The molecule has 0 aliphatic carbocycles. The van der Waals surface area contributed by atoms with E-state index in [1.165, 1.54) is 41.8 Å². The number of fused-ring (bicyclic) bond motifs is 2. The molecule has 5 heterocycles. The summed E-state index contributed by atoms with van der Waals surface area (Å²) in [5.41, 5.74) is 16.7. The van der Waals surface area contributed by atoms with Crippen LogP contribution in [0.3, 0.4) is 0 Å². The maximum absolute atomic E-state index is 14.0. The van der Waals surface area contributed by atoms with Crippen LogP contribution in [0.4, 0.5) is 16.4 Å². The summed E-state index contributed by atoms with van der Waals surface area (Å²) >= 11 is 1.45. The summed E-state index contributed by atoms with van der Waals surface area (Å²) in [5.74, 6) is -15.1. The molecule has 0 saturated carbocycles. The van der Waals surface area contributed by atoms with Crippen molar-refractivity contribution < 1.29 is 102 Å². The van der Waals surface area contributed by atoms with Gasteiger partial charge < -0.3 is 94.0 Å². The molecular weight excluding hydrogens is 1480 g/mol. The molecule has 3 aromatic heterocycles. The number of nitrogens with two attached hydrogens (primary N) is 3. The summed E-state index contributed by atoms with van der Waals surface area (Å²) in [7, 11) is 1.96. The third-order valence-corrected chi connectivity index (χ3v) is 21.0. The molecule has 4 aromatic rings. The molecule has 0 radical (unpaired) electrons. The van der Waals surface area contributed by atoms with Gasteiger partial charge in [-0.2, -0.15) is 4.98 Å². The van der Waals surface area contributed by atoms with Crippen molar-refractivity contribution in [2.45, 2.75) is 179 Å². The first kappa shape index (κ1) is 86.8. The summed E-state index contributed by atoms with van der Waals surface area (Å²) in [6.45, 7) is 10.1. The SMILES string of the molecule is C/C(=C/c1csc(C)n1)[C@@H]1C[C@H]2[C@@H](CCC[C@H](C)[C@H](O)[C@@H](C)C(=O)C(C)(C)[C@@H](O)CC(=O)O1)N2CCOC(=O)OCCSSC[C@H](NC(=O)[C@H](CC(=O)O)NC(=O)[C@H](CCCN=C(N)N)NC(=O)[C@H](CC(=O)O)NC(=O)CC[C@H](NC(=O)c1ccc(NCc2cnc3nc(N)[nH]c(=O)c3n2)cc1)C(=O)O)C(=O)O. The first-order valence-electron chi connectivity index (χ1n) is 34.3. The Kier molecular flexibility index (Phi) is 33.2. The number of aliphatic hydroxyl groups is 2. The van der Waals surface area contributed by atoms with Crippen LogP contribution in [0.1, 0.15) is 132 Å². The van der Waals surface area contributed by atoms with Crippen LogP contribution in [0.15, 0.2) is 51.2 Å². The van der Waals surface area contributed by atoms with E-state index in [2.05, 4.69) is 66.7 Å². The molecule has 1 aromatic carbocycles. The van der Waals surface area contributed by atoms with Crippen molar-refractivity contribution >= 4 is 139 Å². The largest absolute Gasteiger partial charge is 0.508 e. The number of carboxylic acid groups (broad SMARTS) is 4. The number of aliphatic hydroxyl groups excluding tert-OH is 2. The van der Waals surface area contributed by atoms with Gasteiger partial charge >= 0.3 is 36.0 Å². The molecule has 13 atom stereocenters. The number of cyclic esters (lactones) is 1. The van der Waals surface area contributed by atoms with Crippen LogP contribution in [-0.4, -0.2) is 236 Å². The molecule has 41 heteroatoms. The summed E-state index contributed by atoms with van der Waals surface area (Å²) in [6, 6.07) is -3.57. The Morgan fingerprint density at radius 3 is 2.09 bits per heavy atom. The maximum atomic E-state index is 14.0. The lowest BCUT2D eigenvalue weighted by molar-refractivity contribution is -0.155. The number of aromatic nitrogens is 5. The van der Waals surface area contributed by atoms with E-state index in [1.807, 2.05) is 32.2 Å². The number of nitrogens with zero attached hydrogens (tertiary/aromatic N) is 6. The first-order valence-corrected chi connectivity index (χ1v) is 37.7. The van der Waals surface area contributed by atoms with Crippen LogP contribution in [-0.2, 0) is 68.7 Å². The van der Waals surface area contributed by atoms with Gasteiger partial charge in [-0.25, -0.2) is 29.3 Å². The van der Waals surface area contributed by atoms with E-state index >= 15 is 0 Å². The molecule has 0 bridgehead atoms. The zero-order valence-corrected chi connectivity index (χ0v) is 62.5. The topological polar surface area (TPSA) is 604 Å². The number of Topliss-reactive ketones (excluding diaryl/α,β-unsaturated/α-hetero) is 1. The Hall–Kier alpha value is -10.1. The van der Waals surface area contributed by atoms with Crippen molar-refractivity contribution in [3.8, 4) is 0 Å². The number of aromatic amines is 1. The molecule has 38 nitrogen and oxygen atoms in total. The molecular formula is C67H92N16O22S3. The minimum Gasteiger partial charge on any atom is -0.481 e. The number of ether oxygens (including phenoxy) is 3. The number of carbonyl (C=O) groups is 12. The quantitative estimate of drug-likeness (QED) is 0.00748.